The first-order valence-electron chi connectivity index (χ1n) is 10.8. The largest absolute Gasteiger partial charge is 0.493 e. The van der Waals surface area contributed by atoms with E-state index in [1.165, 1.54) is 25.3 Å². The Morgan fingerprint density at radius 2 is 1.78 bits per heavy atom. The van der Waals surface area contributed by atoms with E-state index < -0.39 is 11.9 Å². The van der Waals surface area contributed by atoms with Gasteiger partial charge in [0, 0.05) is 16.3 Å². The Labute approximate surface area is 218 Å². The maximum Gasteiger partial charge on any atom is 0.338 e. The van der Waals surface area contributed by atoms with Gasteiger partial charge < -0.3 is 19.5 Å². The third-order valence-electron chi connectivity index (χ3n) is 4.91. The lowest BCUT2D eigenvalue weighted by molar-refractivity contribution is -0.112. The normalized spacial score (nSPS) is 10.8. The lowest BCUT2D eigenvalue weighted by atomic mass is 10.1. The van der Waals surface area contributed by atoms with Gasteiger partial charge in [-0.25, -0.2) is 4.79 Å². The number of carbonyl (C=O) groups excluding carboxylic acids is 2. The zero-order valence-electron chi connectivity index (χ0n) is 19.5. The van der Waals surface area contributed by atoms with Crippen molar-refractivity contribution in [1.82, 2.24) is 0 Å². The molecule has 0 spiro atoms. The minimum absolute atomic E-state index is 0.160. The van der Waals surface area contributed by atoms with E-state index in [0.29, 0.717) is 33.3 Å². The van der Waals surface area contributed by atoms with Crippen LogP contribution in [-0.2, 0) is 16.1 Å². The average molecular weight is 525 g/mol. The number of nitriles is 1. The fourth-order valence-corrected chi connectivity index (χ4v) is 3.61. The Morgan fingerprint density at radius 1 is 1.06 bits per heavy atom. The molecular formula is C27H22Cl2N2O5. The molecule has 3 aromatic rings. The van der Waals surface area contributed by atoms with Crippen LogP contribution in [0.4, 0.5) is 5.69 Å². The van der Waals surface area contributed by atoms with Crippen molar-refractivity contribution in [1.29, 1.82) is 5.26 Å². The van der Waals surface area contributed by atoms with Gasteiger partial charge in [-0.15, -0.1) is 0 Å². The highest BCUT2D eigenvalue weighted by Crippen LogP contribution is 2.38. The van der Waals surface area contributed by atoms with Crippen molar-refractivity contribution in [2.75, 3.05) is 19.0 Å². The van der Waals surface area contributed by atoms with E-state index in [2.05, 4.69) is 5.32 Å². The van der Waals surface area contributed by atoms with Gasteiger partial charge in [-0.05, 0) is 61.0 Å². The molecule has 0 aliphatic carbocycles. The van der Waals surface area contributed by atoms with Crippen molar-refractivity contribution in [3.8, 4) is 17.6 Å². The predicted molar refractivity (Wildman–Crippen MR) is 138 cm³/mol. The SMILES string of the molecule is CCOC(=O)c1ccc(NC(=O)/C(C#N)=C/c2cc(Cl)c(OCc3ccccc3Cl)c(OC)c2)cc1. The summed E-state index contributed by atoms with van der Waals surface area (Å²) in [4.78, 5) is 24.4. The highest BCUT2D eigenvalue weighted by Gasteiger charge is 2.15. The lowest BCUT2D eigenvalue weighted by Crippen LogP contribution is -2.13. The average Bonchev–Trinajstić information content (AvgIpc) is 2.87. The topological polar surface area (TPSA) is 97.7 Å². The number of benzene rings is 3. The number of hydrogen-bond donors (Lipinski definition) is 1. The maximum atomic E-state index is 12.7. The van der Waals surface area contributed by atoms with Gasteiger partial charge >= 0.3 is 5.97 Å². The van der Waals surface area contributed by atoms with Crippen molar-refractivity contribution in [3.63, 3.8) is 0 Å². The summed E-state index contributed by atoms with van der Waals surface area (Å²) in [5.74, 6) is -0.456. The Kier molecular flexibility index (Phi) is 9.34. The summed E-state index contributed by atoms with van der Waals surface area (Å²) in [6.07, 6.45) is 1.38. The number of methoxy groups -OCH3 is 1. The Balaban J connectivity index is 1.77. The summed E-state index contributed by atoms with van der Waals surface area (Å²) in [5, 5.41) is 13.0. The van der Waals surface area contributed by atoms with E-state index >= 15 is 0 Å². The van der Waals surface area contributed by atoms with Crippen LogP contribution in [0.2, 0.25) is 10.0 Å². The monoisotopic (exact) mass is 524 g/mol. The summed E-state index contributed by atoms with van der Waals surface area (Å²) in [6.45, 7) is 2.15. The zero-order valence-corrected chi connectivity index (χ0v) is 21.0. The fourth-order valence-electron chi connectivity index (χ4n) is 3.15. The molecule has 36 heavy (non-hydrogen) atoms. The van der Waals surface area contributed by atoms with Crippen molar-refractivity contribution in [2.45, 2.75) is 13.5 Å². The third-order valence-corrected chi connectivity index (χ3v) is 5.56. The van der Waals surface area contributed by atoms with Crippen LogP contribution >= 0.6 is 23.2 Å². The summed E-state index contributed by atoms with van der Waals surface area (Å²) < 4.78 is 16.2. The molecular weight excluding hydrogens is 503 g/mol. The van der Waals surface area contributed by atoms with E-state index in [-0.39, 0.29) is 23.8 Å². The number of rotatable bonds is 9. The number of amides is 1. The van der Waals surface area contributed by atoms with Crippen molar-refractivity contribution < 1.29 is 23.8 Å². The van der Waals surface area contributed by atoms with Gasteiger partial charge in [0.1, 0.15) is 18.2 Å². The van der Waals surface area contributed by atoms with Crippen LogP contribution in [0.3, 0.4) is 0 Å². The number of anilines is 1. The van der Waals surface area contributed by atoms with Crippen LogP contribution in [0.1, 0.15) is 28.4 Å². The van der Waals surface area contributed by atoms with Gasteiger partial charge in [0.2, 0.25) is 0 Å². The van der Waals surface area contributed by atoms with Gasteiger partial charge in [-0.3, -0.25) is 4.79 Å². The Bertz CT molecular complexity index is 1330. The second-order valence-electron chi connectivity index (χ2n) is 7.34. The molecule has 0 fully saturated rings. The minimum atomic E-state index is -0.629. The number of nitrogens with one attached hydrogen (secondary N) is 1. The first-order chi connectivity index (χ1) is 17.4. The molecule has 184 valence electrons. The molecule has 0 bridgehead atoms. The molecule has 0 aliphatic heterocycles. The molecule has 0 heterocycles. The molecule has 0 saturated heterocycles. The first-order valence-corrected chi connectivity index (χ1v) is 11.6. The molecule has 0 aromatic heterocycles. The third kappa shape index (κ3) is 6.79. The molecule has 1 N–H and O–H groups in total. The molecule has 9 heteroatoms. The predicted octanol–water partition coefficient (Wildman–Crippen LogP) is 6.30. The lowest BCUT2D eigenvalue weighted by Gasteiger charge is -2.14. The standard InChI is InChI=1S/C27H22Cl2N2O5/c1-3-35-27(33)18-8-10-21(11-9-18)31-26(32)20(15-30)12-17-13-23(29)25(24(14-17)34-2)36-16-19-6-4-5-7-22(19)28/h4-14H,3,16H2,1-2H3,(H,31,32)/b20-12+. The molecule has 0 radical (unpaired) electrons. The van der Waals surface area contributed by atoms with E-state index in [4.69, 9.17) is 37.4 Å². The molecule has 3 rings (SSSR count). The summed E-state index contributed by atoms with van der Waals surface area (Å²) in [6, 6.07) is 18.5. The Hall–Kier alpha value is -3.99. The Morgan fingerprint density at radius 3 is 2.42 bits per heavy atom. The van der Waals surface area contributed by atoms with Crippen molar-refractivity contribution in [3.05, 3.63) is 93.0 Å². The first kappa shape index (κ1) is 26.6. The van der Waals surface area contributed by atoms with Crippen LogP contribution in [0, 0.1) is 11.3 Å². The number of carbonyl (C=O) groups is 2. The van der Waals surface area contributed by atoms with Crippen molar-refractivity contribution >= 4 is 46.8 Å². The summed E-state index contributed by atoms with van der Waals surface area (Å²) >= 11 is 12.6. The number of esters is 1. The van der Waals surface area contributed by atoms with Gasteiger partial charge in [0.15, 0.2) is 11.5 Å². The molecule has 0 saturated carbocycles. The van der Waals surface area contributed by atoms with Gasteiger partial charge in [-0.2, -0.15) is 5.26 Å². The quantitative estimate of drug-likeness (QED) is 0.200. The van der Waals surface area contributed by atoms with Crippen LogP contribution < -0.4 is 14.8 Å². The fraction of sp³-hybridized carbons (Fsp3) is 0.148. The van der Waals surface area contributed by atoms with E-state index in [1.807, 2.05) is 24.3 Å². The van der Waals surface area contributed by atoms with Crippen LogP contribution in [0.15, 0.2) is 66.2 Å². The summed E-state index contributed by atoms with van der Waals surface area (Å²) in [5.41, 5.74) is 1.84. The molecule has 7 nitrogen and oxygen atoms in total. The van der Waals surface area contributed by atoms with Gasteiger partial charge in [0.05, 0.1) is 24.3 Å². The van der Waals surface area contributed by atoms with Crippen LogP contribution in [-0.4, -0.2) is 25.6 Å². The number of ether oxygens (including phenoxy) is 3. The highest BCUT2D eigenvalue weighted by molar-refractivity contribution is 6.32. The van der Waals surface area contributed by atoms with E-state index in [1.54, 1.807) is 37.3 Å². The van der Waals surface area contributed by atoms with E-state index in [0.717, 1.165) is 5.56 Å². The second-order valence-corrected chi connectivity index (χ2v) is 8.15. The van der Waals surface area contributed by atoms with Crippen LogP contribution in [0.5, 0.6) is 11.5 Å². The second kappa shape index (κ2) is 12.6. The molecule has 0 aliphatic rings. The smallest absolute Gasteiger partial charge is 0.338 e. The maximum absolute atomic E-state index is 12.7. The number of halogens is 2. The molecule has 0 unspecified atom stereocenters. The van der Waals surface area contributed by atoms with Gasteiger partial charge in [-0.1, -0.05) is 41.4 Å². The summed E-state index contributed by atoms with van der Waals surface area (Å²) in [7, 11) is 1.46. The molecule has 3 aromatic carbocycles. The highest BCUT2D eigenvalue weighted by atomic mass is 35.5. The van der Waals surface area contributed by atoms with Crippen molar-refractivity contribution in [2.24, 2.45) is 0 Å². The number of nitrogens with zero attached hydrogens (tertiary/aromatic N) is 1. The van der Waals surface area contributed by atoms with Gasteiger partial charge in [0.25, 0.3) is 5.91 Å². The van der Waals surface area contributed by atoms with E-state index in [9.17, 15) is 14.9 Å². The molecule has 0 atom stereocenters. The zero-order chi connectivity index (χ0) is 26.1. The van der Waals surface area contributed by atoms with Crippen LogP contribution in [0.25, 0.3) is 6.08 Å². The number of hydrogen-bond acceptors (Lipinski definition) is 6. The molecule has 1 amide bonds. The minimum Gasteiger partial charge on any atom is -0.493 e.